The summed E-state index contributed by atoms with van der Waals surface area (Å²) in [6.07, 6.45) is 2.14. The van der Waals surface area contributed by atoms with Crippen LogP contribution in [0.1, 0.15) is 23.2 Å². The quantitative estimate of drug-likeness (QED) is 0.336. The van der Waals surface area contributed by atoms with Crippen LogP contribution in [0.15, 0.2) is 41.3 Å². The van der Waals surface area contributed by atoms with Gasteiger partial charge >= 0.3 is 0 Å². The van der Waals surface area contributed by atoms with Crippen LogP contribution in [0, 0.1) is 10.1 Å². The fraction of sp³-hybridized carbons (Fsp3) is 0.300. The Morgan fingerprint density at radius 2 is 1.97 bits per heavy atom. The smallest absolute Gasteiger partial charge is 0.293 e. The number of rotatable bonds is 8. The highest BCUT2D eigenvalue weighted by atomic mass is 35.5. The fourth-order valence-electron chi connectivity index (χ4n) is 3.28. The molecule has 0 atom stereocenters. The van der Waals surface area contributed by atoms with E-state index in [4.69, 9.17) is 11.6 Å². The number of halogens is 1. The monoisotopic (exact) mass is 480 g/mol. The molecule has 3 rings (SSSR count). The third kappa shape index (κ3) is 5.35. The molecule has 0 saturated carbocycles. The molecule has 1 aliphatic heterocycles. The van der Waals surface area contributed by atoms with E-state index in [9.17, 15) is 28.1 Å². The van der Waals surface area contributed by atoms with Gasteiger partial charge in [-0.25, -0.2) is 8.42 Å². The number of hydrogen-bond donors (Lipinski definition) is 2. The van der Waals surface area contributed by atoms with E-state index in [1.54, 1.807) is 23.1 Å². The van der Waals surface area contributed by atoms with Gasteiger partial charge in [-0.15, -0.1) is 0 Å². The van der Waals surface area contributed by atoms with Gasteiger partial charge in [-0.2, -0.15) is 0 Å². The van der Waals surface area contributed by atoms with Gasteiger partial charge in [0.25, 0.3) is 11.6 Å². The zero-order valence-electron chi connectivity index (χ0n) is 17.1. The lowest BCUT2D eigenvalue weighted by molar-refractivity contribution is -0.384. The van der Waals surface area contributed by atoms with Crippen molar-refractivity contribution in [3.8, 4) is 0 Å². The molecule has 2 aromatic rings. The van der Waals surface area contributed by atoms with Crippen molar-refractivity contribution in [2.45, 2.75) is 17.7 Å². The van der Waals surface area contributed by atoms with E-state index >= 15 is 0 Å². The number of carbonyl (C=O) groups is 2. The maximum atomic E-state index is 12.5. The molecule has 1 fully saturated rings. The number of nitrogens with zero attached hydrogens (tertiary/aromatic N) is 2. The molecule has 2 amide bonds. The van der Waals surface area contributed by atoms with Crippen LogP contribution in [0.25, 0.3) is 0 Å². The highest BCUT2D eigenvalue weighted by molar-refractivity contribution is 7.90. The van der Waals surface area contributed by atoms with Crippen LogP contribution in [-0.4, -0.2) is 51.0 Å². The normalized spacial score (nSPS) is 13.8. The molecular formula is C20H21ClN4O6S. The van der Waals surface area contributed by atoms with Gasteiger partial charge in [0, 0.05) is 43.9 Å². The van der Waals surface area contributed by atoms with Crippen molar-refractivity contribution in [3.63, 3.8) is 0 Å². The van der Waals surface area contributed by atoms with Crippen molar-refractivity contribution in [2.75, 3.05) is 36.1 Å². The Hall–Kier alpha value is -3.18. The van der Waals surface area contributed by atoms with Gasteiger partial charge in [0.1, 0.15) is 5.69 Å². The van der Waals surface area contributed by atoms with Gasteiger partial charge in [-0.1, -0.05) is 11.6 Å². The largest absolute Gasteiger partial charge is 0.378 e. The summed E-state index contributed by atoms with van der Waals surface area (Å²) in [5, 5.41) is 17.2. The maximum absolute atomic E-state index is 12.5. The first-order valence-electron chi connectivity index (χ1n) is 9.68. The Kier molecular flexibility index (Phi) is 6.99. The molecule has 0 aromatic heterocycles. The first-order chi connectivity index (χ1) is 15.1. The predicted octanol–water partition coefficient (Wildman–Crippen LogP) is 2.62. The van der Waals surface area contributed by atoms with Gasteiger partial charge < -0.3 is 15.5 Å². The number of nitro groups is 1. The second-order valence-electron chi connectivity index (χ2n) is 7.21. The zero-order valence-corrected chi connectivity index (χ0v) is 18.7. The van der Waals surface area contributed by atoms with Crippen LogP contribution < -0.4 is 15.5 Å². The minimum atomic E-state index is -3.58. The topological polar surface area (TPSA) is 139 Å². The second kappa shape index (κ2) is 9.53. The zero-order chi connectivity index (χ0) is 23.5. The molecule has 10 nitrogen and oxygen atoms in total. The third-order valence-electron chi connectivity index (χ3n) is 4.89. The molecule has 2 aromatic carbocycles. The van der Waals surface area contributed by atoms with Crippen molar-refractivity contribution >= 4 is 50.3 Å². The molecule has 170 valence electrons. The number of nitro benzene ring substituents is 1. The first-order valence-corrected chi connectivity index (χ1v) is 12.0. The van der Waals surface area contributed by atoms with Crippen molar-refractivity contribution < 1.29 is 22.9 Å². The molecule has 2 N–H and O–H groups in total. The lowest BCUT2D eigenvalue weighted by Crippen LogP contribution is -2.29. The Bertz CT molecular complexity index is 1180. The van der Waals surface area contributed by atoms with Crippen LogP contribution in [0.4, 0.5) is 17.1 Å². The van der Waals surface area contributed by atoms with E-state index in [1.165, 1.54) is 12.1 Å². The summed E-state index contributed by atoms with van der Waals surface area (Å²) >= 11 is 6.19. The van der Waals surface area contributed by atoms with Crippen LogP contribution in [0.2, 0.25) is 5.02 Å². The minimum absolute atomic E-state index is 0.0443. The highest BCUT2D eigenvalue weighted by Gasteiger charge is 2.24. The lowest BCUT2D eigenvalue weighted by Gasteiger charge is -2.18. The molecule has 0 radical (unpaired) electrons. The summed E-state index contributed by atoms with van der Waals surface area (Å²) in [4.78, 5) is 36.5. The van der Waals surface area contributed by atoms with Crippen molar-refractivity contribution in [3.05, 3.63) is 57.1 Å². The lowest BCUT2D eigenvalue weighted by atomic mass is 10.1. The summed E-state index contributed by atoms with van der Waals surface area (Å²) in [6.45, 7) is 0.852. The molecule has 0 bridgehead atoms. The van der Waals surface area contributed by atoms with Crippen LogP contribution in [0.5, 0.6) is 0 Å². The van der Waals surface area contributed by atoms with E-state index in [0.717, 1.165) is 18.7 Å². The summed E-state index contributed by atoms with van der Waals surface area (Å²) in [7, 11) is -3.58. The Morgan fingerprint density at radius 3 is 2.59 bits per heavy atom. The Labute approximate surface area is 189 Å². The van der Waals surface area contributed by atoms with Crippen molar-refractivity contribution in [1.29, 1.82) is 0 Å². The number of hydrogen-bond acceptors (Lipinski definition) is 7. The Morgan fingerprint density at radius 1 is 1.22 bits per heavy atom. The van der Waals surface area contributed by atoms with Gasteiger partial charge in [0.15, 0.2) is 9.84 Å². The van der Waals surface area contributed by atoms with Gasteiger partial charge in [0.05, 0.1) is 20.5 Å². The average Bonchev–Trinajstić information content (AvgIpc) is 3.16. The molecule has 0 aliphatic carbocycles. The molecule has 1 heterocycles. The molecular weight excluding hydrogens is 460 g/mol. The van der Waals surface area contributed by atoms with Crippen LogP contribution in [-0.2, 0) is 14.6 Å². The summed E-state index contributed by atoms with van der Waals surface area (Å²) in [5.74, 6) is -0.435. The van der Waals surface area contributed by atoms with Gasteiger partial charge in [-0.3, -0.25) is 19.7 Å². The van der Waals surface area contributed by atoms with Crippen molar-refractivity contribution in [1.82, 2.24) is 5.32 Å². The summed E-state index contributed by atoms with van der Waals surface area (Å²) in [6, 6.07) is 8.24. The standard InChI is InChI=1S/C20H21ClN4O6S/c1-32(30,31)14-5-7-16(18(12-14)25(28)29)22-8-9-23-20(27)13-4-6-15(21)17(11-13)24-10-2-3-19(24)26/h4-7,11-12,22H,2-3,8-10H2,1H3,(H,23,27). The molecule has 0 unspecified atom stereocenters. The SMILES string of the molecule is CS(=O)(=O)c1ccc(NCCNC(=O)c2ccc(Cl)c(N3CCCC3=O)c2)c([N+](=O)[O-])c1. The van der Waals surface area contributed by atoms with Gasteiger partial charge in [0.2, 0.25) is 5.91 Å². The minimum Gasteiger partial charge on any atom is -0.378 e. The number of nitrogens with one attached hydrogen (secondary N) is 2. The Balaban J connectivity index is 1.62. The number of carbonyl (C=O) groups excluding carboxylic acids is 2. The van der Waals surface area contributed by atoms with E-state index in [0.29, 0.717) is 29.2 Å². The van der Waals surface area contributed by atoms with Crippen LogP contribution >= 0.6 is 11.6 Å². The van der Waals surface area contributed by atoms with E-state index in [1.807, 2.05) is 0 Å². The number of benzene rings is 2. The van der Waals surface area contributed by atoms with E-state index in [2.05, 4.69) is 10.6 Å². The average molecular weight is 481 g/mol. The van der Waals surface area contributed by atoms with Crippen molar-refractivity contribution in [2.24, 2.45) is 0 Å². The number of amides is 2. The van der Waals surface area contributed by atoms with Gasteiger partial charge in [-0.05, 0) is 36.8 Å². The summed E-state index contributed by atoms with van der Waals surface area (Å²) in [5.41, 5.74) is 0.573. The molecule has 0 spiro atoms. The van der Waals surface area contributed by atoms with Crippen LogP contribution in [0.3, 0.4) is 0 Å². The molecule has 1 saturated heterocycles. The molecule has 32 heavy (non-hydrogen) atoms. The molecule has 1 aliphatic rings. The molecule has 12 heteroatoms. The highest BCUT2D eigenvalue weighted by Crippen LogP contribution is 2.30. The fourth-order valence-corrected chi connectivity index (χ4v) is 4.14. The third-order valence-corrected chi connectivity index (χ3v) is 6.32. The number of sulfone groups is 1. The van der Waals surface area contributed by atoms with E-state index in [-0.39, 0.29) is 35.3 Å². The summed E-state index contributed by atoms with van der Waals surface area (Å²) < 4.78 is 23.2. The van der Waals surface area contributed by atoms with E-state index < -0.39 is 20.7 Å². The predicted molar refractivity (Wildman–Crippen MR) is 120 cm³/mol. The second-order valence-corrected chi connectivity index (χ2v) is 9.63. The maximum Gasteiger partial charge on any atom is 0.293 e. The number of anilines is 2. The first kappa shape index (κ1) is 23.5.